The Bertz CT molecular complexity index is 842. The summed E-state index contributed by atoms with van der Waals surface area (Å²) >= 11 is 0. The van der Waals surface area contributed by atoms with Gasteiger partial charge in [0.15, 0.2) is 6.61 Å². The van der Waals surface area contributed by atoms with E-state index in [0.717, 1.165) is 4.31 Å². The van der Waals surface area contributed by atoms with E-state index < -0.39 is 22.6 Å². The summed E-state index contributed by atoms with van der Waals surface area (Å²) in [6.07, 6.45) is -0.0920. The highest BCUT2D eigenvalue weighted by atomic mass is 32.2. The Hall–Kier alpha value is -2.21. The van der Waals surface area contributed by atoms with Crippen molar-refractivity contribution < 1.29 is 32.6 Å². The summed E-state index contributed by atoms with van der Waals surface area (Å²) in [5.41, 5.74) is 0.263. The number of ether oxygens (including phenoxy) is 2. The lowest BCUT2D eigenvalue weighted by Crippen LogP contribution is -2.46. The van der Waals surface area contributed by atoms with Crippen LogP contribution in [0.15, 0.2) is 23.1 Å². The molecule has 162 valence electrons. The Balaban J connectivity index is 2.18. The maximum Gasteiger partial charge on any atom is 0.340 e. The summed E-state index contributed by atoms with van der Waals surface area (Å²) in [6, 6.07) is 3.97. The number of benzene rings is 1. The number of esters is 1. The van der Waals surface area contributed by atoms with Gasteiger partial charge in [0.05, 0.1) is 29.8 Å². The van der Waals surface area contributed by atoms with Crippen LogP contribution < -0.4 is 5.32 Å². The Kier molecular flexibility index (Phi) is 7.96. The largest absolute Gasteiger partial charge is 0.452 e. The monoisotopic (exact) mass is 429 g/mol. The number of morpholine rings is 1. The molecule has 1 fully saturated rings. The maximum atomic E-state index is 12.6. The van der Waals surface area contributed by atoms with E-state index in [4.69, 9.17) is 14.6 Å². The van der Waals surface area contributed by atoms with Gasteiger partial charge in [0, 0.05) is 39.4 Å². The minimum absolute atomic E-state index is 0.0375. The van der Waals surface area contributed by atoms with Crippen molar-refractivity contribution in [1.82, 2.24) is 9.21 Å². The van der Waals surface area contributed by atoms with Gasteiger partial charge in [-0.3, -0.25) is 4.79 Å². The second-order valence-electron chi connectivity index (χ2n) is 6.74. The van der Waals surface area contributed by atoms with Gasteiger partial charge in [0.1, 0.15) is 0 Å². The van der Waals surface area contributed by atoms with Crippen LogP contribution in [-0.4, -0.2) is 94.3 Å². The van der Waals surface area contributed by atoms with Crippen LogP contribution in [0, 0.1) is 0 Å². The van der Waals surface area contributed by atoms with E-state index in [1.807, 2.05) is 6.92 Å². The number of aliphatic hydroxyl groups excluding tert-OH is 1. The lowest BCUT2D eigenvalue weighted by atomic mass is 10.2. The molecule has 10 nitrogen and oxygen atoms in total. The number of nitrogens with zero attached hydrogens (tertiary/aromatic N) is 2. The number of amides is 1. The van der Waals surface area contributed by atoms with E-state index in [1.165, 1.54) is 32.3 Å². The first kappa shape index (κ1) is 23.1. The molecule has 1 aromatic carbocycles. The fraction of sp³-hybridized carbons (Fsp3) is 0.556. The Morgan fingerprint density at radius 2 is 2.10 bits per heavy atom. The van der Waals surface area contributed by atoms with Crippen LogP contribution in [0.4, 0.5) is 5.69 Å². The molecule has 0 radical (unpaired) electrons. The summed E-state index contributed by atoms with van der Waals surface area (Å²) in [5, 5.41) is 11.9. The Morgan fingerprint density at radius 1 is 1.38 bits per heavy atom. The molecule has 29 heavy (non-hydrogen) atoms. The zero-order valence-electron chi connectivity index (χ0n) is 16.8. The van der Waals surface area contributed by atoms with Gasteiger partial charge < -0.3 is 24.8 Å². The highest BCUT2D eigenvalue weighted by Crippen LogP contribution is 2.23. The normalized spacial score (nSPS) is 17.3. The minimum atomic E-state index is -3.77. The van der Waals surface area contributed by atoms with E-state index in [1.54, 1.807) is 4.90 Å². The highest BCUT2D eigenvalue weighted by Gasteiger charge is 2.25. The molecule has 2 rings (SSSR count). The number of aliphatic hydroxyl groups is 1. The molecule has 1 atom stereocenters. The number of carbonyl (C=O) groups excluding carboxylic acids is 2. The van der Waals surface area contributed by atoms with Crippen LogP contribution in [-0.2, 0) is 24.3 Å². The molecule has 1 unspecified atom stereocenters. The van der Waals surface area contributed by atoms with Crippen LogP contribution in [0.3, 0.4) is 0 Å². The molecule has 1 saturated heterocycles. The number of anilines is 1. The molecule has 1 amide bonds. The van der Waals surface area contributed by atoms with Crippen molar-refractivity contribution in [2.75, 3.05) is 58.9 Å². The number of sulfonamides is 1. The molecule has 1 aromatic rings. The van der Waals surface area contributed by atoms with E-state index in [9.17, 15) is 18.0 Å². The number of rotatable bonds is 8. The van der Waals surface area contributed by atoms with Crippen molar-refractivity contribution in [1.29, 1.82) is 0 Å². The van der Waals surface area contributed by atoms with Gasteiger partial charge in [0.25, 0.3) is 5.91 Å². The summed E-state index contributed by atoms with van der Waals surface area (Å²) in [6.45, 7) is 2.61. The number of carbonyl (C=O) groups is 2. The van der Waals surface area contributed by atoms with Crippen LogP contribution >= 0.6 is 0 Å². The first-order chi connectivity index (χ1) is 13.7. The second-order valence-corrected chi connectivity index (χ2v) is 8.89. The van der Waals surface area contributed by atoms with Crippen LogP contribution in [0.5, 0.6) is 0 Å². The lowest BCUT2D eigenvalue weighted by molar-refractivity contribution is -0.141. The standard InChI is InChI=1S/C18H27N3O7S/c1-13-11-21(7-9-27-13)17(23)12-28-18(24)15-10-14(29(25,26)20(2)3)4-5-16(15)19-6-8-22/h4-5,10,13,19,22H,6-9,11-12H2,1-3H3. The third-order valence-electron chi connectivity index (χ3n) is 4.34. The molecule has 0 bridgehead atoms. The number of nitrogens with one attached hydrogen (secondary N) is 1. The molecule has 0 saturated carbocycles. The van der Waals surface area contributed by atoms with Crippen LogP contribution in [0.25, 0.3) is 0 Å². The second kappa shape index (κ2) is 10.0. The average molecular weight is 429 g/mol. The van der Waals surface area contributed by atoms with Gasteiger partial charge in [-0.05, 0) is 25.1 Å². The molecule has 1 heterocycles. The lowest BCUT2D eigenvalue weighted by Gasteiger charge is -2.30. The zero-order valence-corrected chi connectivity index (χ0v) is 17.6. The molecule has 0 aliphatic carbocycles. The van der Waals surface area contributed by atoms with Gasteiger partial charge in [-0.15, -0.1) is 0 Å². The van der Waals surface area contributed by atoms with E-state index in [2.05, 4.69) is 5.32 Å². The third kappa shape index (κ3) is 5.89. The molecule has 2 N–H and O–H groups in total. The number of hydrogen-bond donors (Lipinski definition) is 2. The number of hydrogen-bond acceptors (Lipinski definition) is 8. The van der Waals surface area contributed by atoms with Crippen molar-refractivity contribution in [2.24, 2.45) is 0 Å². The van der Waals surface area contributed by atoms with E-state index in [0.29, 0.717) is 25.4 Å². The van der Waals surface area contributed by atoms with Gasteiger partial charge in [0.2, 0.25) is 10.0 Å². The van der Waals surface area contributed by atoms with Crippen LogP contribution in [0.1, 0.15) is 17.3 Å². The molecular formula is C18H27N3O7S. The average Bonchev–Trinajstić information content (AvgIpc) is 2.69. The molecule has 1 aliphatic heterocycles. The van der Waals surface area contributed by atoms with Crippen LogP contribution in [0.2, 0.25) is 0 Å². The Morgan fingerprint density at radius 3 is 2.72 bits per heavy atom. The van der Waals surface area contributed by atoms with Crippen molar-refractivity contribution in [2.45, 2.75) is 17.9 Å². The molecule has 0 aromatic heterocycles. The van der Waals surface area contributed by atoms with Crippen molar-refractivity contribution in [3.63, 3.8) is 0 Å². The molecular weight excluding hydrogens is 402 g/mol. The maximum absolute atomic E-state index is 12.6. The van der Waals surface area contributed by atoms with E-state index in [-0.39, 0.29) is 35.6 Å². The first-order valence-corrected chi connectivity index (χ1v) is 10.6. The van der Waals surface area contributed by atoms with Gasteiger partial charge in [-0.1, -0.05) is 0 Å². The fourth-order valence-corrected chi connectivity index (χ4v) is 3.68. The Labute approximate surface area is 170 Å². The highest BCUT2D eigenvalue weighted by molar-refractivity contribution is 7.89. The third-order valence-corrected chi connectivity index (χ3v) is 6.15. The SMILES string of the molecule is CC1CN(C(=O)COC(=O)c2cc(S(=O)(=O)N(C)C)ccc2NCCO)CCO1. The zero-order chi connectivity index (χ0) is 21.6. The molecule has 1 aliphatic rings. The summed E-state index contributed by atoms with van der Waals surface area (Å²) < 4.78 is 36.3. The predicted molar refractivity (Wildman–Crippen MR) is 105 cm³/mol. The van der Waals surface area contributed by atoms with Crippen molar-refractivity contribution in [3.8, 4) is 0 Å². The molecule has 11 heteroatoms. The smallest absolute Gasteiger partial charge is 0.340 e. The molecule has 0 spiro atoms. The summed E-state index contributed by atoms with van der Waals surface area (Å²) in [4.78, 5) is 26.4. The van der Waals surface area contributed by atoms with Gasteiger partial charge in [-0.2, -0.15) is 0 Å². The predicted octanol–water partition coefficient (Wildman–Crippen LogP) is -0.255. The fourth-order valence-electron chi connectivity index (χ4n) is 2.75. The van der Waals surface area contributed by atoms with Crippen molar-refractivity contribution in [3.05, 3.63) is 23.8 Å². The summed E-state index contributed by atoms with van der Waals surface area (Å²) in [5.74, 6) is -1.19. The summed E-state index contributed by atoms with van der Waals surface area (Å²) in [7, 11) is -1.00. The van der Waals surface area contributed by atoms with E-state index >= 15 is 0 Å². The van der Waals surface area contributed by atoms with Crippen molar-refractivity contribution >= 4 is 27.6 Å². The topological polar surface area (TPSA) is 125 Å². The quantitative estimate of drug-likeness (QED) is 0.542. The minimum Gasteiger partial charge on any atom is -0.452 e. The first-order valence-electron chi connectivity index (χ1n) is 9.14. The van der Waals surface area contributed by atoms with Gasteiger partial charge in [-0.25, -0.2) is 17.5 Å². The van der Waals surface area contributed by atoms with Gasteiger partial charge >= 0.3 is 5.97 Å².